The van der Waals surface area contributed by atoms with Crippen LogP contribution in [-0.4, -0.2) is 53.9 Å². The normalized spacial score (nSPS) is 18.9. The average Bonchev–Trinajstić information content (AvgIpc) is 2.98. The van der Waals surface area contributed by atoms with E-state index < -0.39 is 4.92 Å². The highest BCUT2D eigenvalue weighted by Crippen LogP contribution is 2.29. The molecular formula is C13H21N5O4. The first-order valence-electron chi connectivity index (χ1n) is 7.22. The lowest BCUT2D eigenvalue weighted by atomic mass is 10.2. The van der Waals surface area contributed by atoms with Gasteiger partial charge in [0.05, 0.1) is 17.6 Å². The number of rotatable bonds is 8. The van der Waals surface area contributed by atoms with Gasteiger partial charge in [0, 0.05) is 26.3 Å². The molecule has 9 nitrogen and oxygen atoms in total. The molecular weight excluding hydrogens is 290 g/mol. The molecule has 1 aromatic heterocycles. The molecule has 0 bridgehead atoms. The predicted molar refractivity (Wildman–Crippen MR) is 81.1 cm³/mol. The van der Waals surface area contributed by atoms with Crippen LogP contribution < -0.4 is 10.6 Å². The van der Waals surface area contributed by atoms with E-state index in [1.807, 2.05) is 6.92 Å². The molecule has 1 fully saturated rings. The molecule has 2 rings (SSSR count). The van der Waals surface area contributed by atoms with Crippen molar-refractivity contribution in [3.63, 3.8) is 0 Å². The Balaban J connectivity index is 2.12. The molecule has 0 spiro atoms. The zero-order valence-electron chi connectivity index (χ0n) is 12.7. The van der Waals surface area contributed by atoms with Crippen LogP contribution in [0.5, 0.6) is 0 Å². The smallest absolute Gasteiger partial charge is 0.353 e. The number of anilines is 2. The molecule has 1 aliphatic rings. The van der Waals surface area contributed by atoms with E-state index in [2.05, 4.69) is 20.6 Å². The third kappa shape index (κ3) is 4.25. The van der Waals surface area contributed by atoms with Gasteiger partial charge in [0.2, 0.25) is 11.6 Å². The van der Waals surface area contributed by atoms with Gasteiger partial charge in [-0.15, -0.1) is 0 Å². The molecule has 2 unspecified atom stereocenters. The van der Waals surface area contributed by atoms with Gasteiger partial charge in [0.25, 0.3) is 0 Å². The first kappa shape index (κ1) is 16.4. The molecule has 22 heavy (non-hydrogen) atoms. The highest BCUT2D eigenvalue weighted by atomic mass is 16.6. The molecule has 0 aliphatic carbocycles. The van der Waals surface area contributed by atoms with Crippen LogP contribution in [0.25, 0.3) is 0 Å². The van der Waals surface area contributed by atoms with E-state index in [1.54, 1.807) is 7.11 Å². The van der Waals surface area contributed by atoms with E-state index >= 15 is 0 Å². The van der Waals surface area contributed by atoms with Gasteiger partial charge < -0.3 is 20.1 Å². The van der Waals surface area contributed by atoms with Crippen molar-refractivity contribution in [3.05, 3.63) is 16.4 Å². The third-order valence-corrected chi connectivity index (χ3v) is 3.33. The molecule has 2 N–H and O–H groups in total. The van der Waals surface area contributed by atoms with E-state index in [4.69, 9.17) is 9.47 Å². The lowest BCUT2D eigenvalue weighted by Gasteiger charge is -2.15. The molecule has 0 radical (unpaired) electrons. The molecule has 2 heterocycles. The number of hydrogen-bond donors (Lipinski definition) is 2. The van der Waals surface area contributed by atoms with Gasteiger partial charge in [0.15, 0.2) is 0 Å². The number of methoxy groups -OCH3 is 1. The summed E-state index contributed by atoms with van der Waals surface area (Å²) in [7, 11) is 1.57. The maximum absolute atomic E-state index is 11.4. The lowest BCUT2D eigenvalue weighted by Crippen LogP contribution is -2.23. The zero-order valence-corrected chi connectivity index (χ0v) is 12.7. The van der Waals surface area contributed by atoms with Gasteiger partial charge in [-0.3, -0.25) is 10.1 Å². The SMILES string of the molecule is COCC(C)Nc1ncnc(NCC2CCCO2)c1[N+](=O)[O-]. The Labute approximate surface area is 128 Å². The van der Waals surface area contributed by atoms with Crippen LogP contribution in [0.3, 0.4) is 0 Å². The summed E-state index contributed by atoms with van der Waals surface area (Å²) < 4.78 is 10.5. The van der Waals surface area contributed by atoms with Crippen molar-refractivity contribution in [2.24, 2.45) is 0 Å². The quantitative estimate of drug-likeness (QED) is 0.547. The number of nitrogens with one attached hydrogen (secondary N) is 2. The van der Waals surface area contributed by atoms with Crippen LogP contribution >= 0.6 is 0 Å². The summed E-state index contributed by atoms with van der Waals surface area (Å²) in [5.41, 5.74) is -0.163. The van der Waals surface area contributed by atoms with E-state index in [0.29, 0.717) is 13.2 Å². The molecule has 9 heteroatoms. The average molecular weight is 311 g/mol. The van der Waals surface area contributed by atoms with Crippen molar-refractivity contribution in [3.8, 4) is 0 Å². The fourth-order valence-corrected chi connectivity index (χ4v) is 2.33. The van der Waals surface area contributed by atoms with Crippen molar-refractivity contribution in [1.29, 1.82) is 0 Å². The van der Waals surface area contributed by atoms with Crippen LogP contribution in [0.1, 0.15) is 19.8 Å². The Bertz CT molecular complexity index is 507. The van der Waals surface area contributed by atoms with Gasteiger partial charge in [-0.2, -0.15) is 0 Å². The zero-order chi connectivity index (χ0) is 15.9. The number of hydrogen-bond acceptors (Lipinski definition) is 8. The van der Waals surface area contributed by atoms with E-state index in [1.165, 1.54) is 6.33 Å². The summed E-state index contributed by atoms with van der Waals surface area (Å²) in [5.74, 6) is 0.377. The first-order valence-corrected chi connectivity index (χ1v) is 7.22. The van der Waals surface area contributed by atoms with Crippen molar-refractivity contribution in [1.82, 2.24) is 9.97 Å². The third-order valence-electron chi connectivity index (χ3n) is 3.33. The number of aromatic nitrogens is 2. The van der Waals surface area contributed by atoms with E-state index in [0.717, 1.165) is 19.4 Å². The number of ether oxygens (including phenoxy) is 2. The Morgan fingerprint density at radius 1 is 1.55 bits per heavy atom. The fourth-order valence-electron chi connectivity index (χ4n) is 2.33. The second-order valence-corrected chi connectivity index (χ2v) is 5.19. The van der Waals surface area contributed by atoms with Crippen LogP contribution in [0.2, 0.25) is 0 Å². The minimum absolute atomic E-state index is 0.0680. The largest absolute Gasteiger partial charge is 0.383 e. The fraction of sp³-hybridized carbons (Fsp3) is 0.692. The highest BCUT2D eigenvalue weighted by molar-refractivity contribution is 5.69. The molecule has 1 aliphatic heterocycles. The van der Waals surface area contributed by atoms with Gasteiger partial charge in [-0.05, 0) is 19.8 Å². The summed E-state index contributed by atoms with van der Waals surface area (Å²) in [6.45, 7) is 3.50. The molecule has 1 aromatic rings. The summed E-state index contributed by atoms with van der Waals surface area (Å²) in [5, 5.41) is 17.3. The van der Waals surface area contributed by atoms with Gasteiger partial charge >= 0.3 is 5.69 Å². The Morgan fingerprint density at radius 3 is 2.95 bits per heavy atom. The summed E-state index contributed by atoms with van der Waals surface area (Å²) in [6, 6.07) is -0.107. The first-order chi connectivity index (χ1) is 10.6. The maximum Gasteiger partial charge on any atom is 0.353 e. The van der Waals surface area contributed by atoms with Crippen molar-refractivity contribution in [2.75, 3.05) is 37.5 Å². The molecule has 0 amide bonds. The van der Waals surface area contributed by atoms with Gasteiger partial charge in [-0.1, -0.05) is 0 Å². The number of nitrogens with zero attached hydrogens (tertiary/aromatic N) is 3. The second kappa shape index (κ2) is 7.85. The topological polar surface area (TPSA) is 111 Å². The standard InChI is InChI=1S/C13H21N5O4/c1-9(7-21-2)17-13-11(18(19)20)12(15-8-16-13)14-6-10-4-3-5-22-10/h8-10H,3-7H2,1-2H3,(H2,14,15,16,17). The van der Waals surface area contributed by atoms with Crippen LogP contribution in [0.4, 0.5) is 17.3 Å². The molecule has 0 aromatic carbocycles. The van der Waals surface area contributed by atoms with Crippen molar-refractivity contribution < 1.29 is 14.4 Å². The van der Waals surface area contributed by atoms with Crippen LogP contribution in [-0.2, 0) is 9.47 Å². The monoisotopic (exact) mass is 311 g/mol. The summed E-state index contributed by atoms with van der Waals surface area (Å²) in [4.78, 5) is 18.8. The Hall–Kier alpha value is -2.00. The highest BCUT2D eigenvalue weighted by Gasteiger charge is 2.25. The van der Waals surface area contributed by atoms with Gasteiger partial charge in [0.1, 0.15) is 6.33 Å². The molecule has 122 valence electrons. The Kier molecular flexibility index (Phi) is 5.84. The second-order valence-electron chi connectivity index (χ2n) is 5.19. The van der Waals surface area contributed by atoms with Crippen LogP contribution in [0.15, 0.2) is 6.33 Å². The number of nitro groups is 1. The molecule has 1 saturated heterocycles. The summed E-state index contributed by atoms with van der Waals surface area (Å²) in [6.07, 6.45) is 3.33. The Morgan fingerprint density at radius 2 is 2.32 bits per heavy atom. The minimum atomic E-state index is -0.486. The lowest BCUT2D eigenvalue weighted by molar-refractivity contribution is -0.383. The van der Waals surface area contributed by atoms with E-state index in [-0.39, 0.29) is 29.5 Å². The van der Waals surface area contributed by atoms with Crippen molar-refractivity contribution >= 4 is 17.3 Å². The maximum atomic E-state index is 11.4. The molecule has 2 atom stereocenters. The predicted octanol–water partition coefficient (Wildman–Crippen LogP) is 1.42. The van der Waals surface area contributed by atoms with Crippen molar-refractivity contribution in [2.45, 2.75) is 31.9 Å². The van der Waals surface area contributed by atoms with Gasteiger partial charge in [-0.25, -0.2) is 9.97 Å². The summed E-state index contributed by atoms with van der Waals surface area (Å²) >= 11 is 0. The van der Waals surface area contributed by atoms with Crippen LogP contribution in [0, 0.1) is 10.1 Å². The molecule has 0 saturated carbocycles. The van der Waals surface area contributed by atoms with E-state index in [9.17, 15) is 10.1 Å². The minimum Gasteiger partial charge on any atom is -0.383 e.